The summed E-state index contributed by atoms with van der Waals surface area (Å²) in [4.78, 5) is 17.6. The Morgan fingerprint density at radius 1 is 1.07 bits per heavy atom. The van der Waals surface area contributed by atoms with Gasteiger partial charge in [0, 0.05) is 0 Å². The van der Waals surface area contributed by atoms with Crippen LogP contribution >= 0.6 is 0 Å². The Labute approximate surface area is 90.5 Å². The van der Waals surface area contributed by atoms with Gasteiger partial charge in [0.2, 0.25) is 0 Å². The fourth-order valence-corrected chi connectivity index (χ4v) is 0. The number of aliphatic hydroxyl groups excluding tert-OH is 1. The second-order valence-corrected chi connectivity index (χ2v) is 1.73. The highest BCUT2D eigenvalue weighted by Gasteiger charge is 1.81. The zero-order valence-electron chi connectivity index (χ0n) is 7.70. The minimum atomic E-state index is -0.116. The van der Waals surface area contributed by atoms with E-state index >= 15 is 0 Å². The zero-order chi connectivity index (χ0) is 9.70. The van der Waals surface area contributed by atoms with Crippen LogP contribution in [0.5, 0.6) is 0 Å². The molecule has 0 aromatic carbocycles. The molecule has 0 aromatic rings. The van der Waals surface area contributed by atoms with Gasteiger partial charge in [0.1, 0.15) is 12.6 Å². The Kier molecular flexibility index (Phi) is 151. The van der Waals surface area contributed by atoms with Crippen molar-refractivity contribution >= 4 is 12.6 Å². The second-order valence-electron chi connectivity index (χ2n) is 1.73. The van der Waals surface area contributed by atoms with Gasteiger partial charge in [-0.25, -0.2) is 0 Å². The Morgan fingerprint density at radius 3 is 1.14 bits per heavy atom. The normalized spacial score (nSPS) is 7.21. The van der Waals surface area contributed by atoms with E-state index in [9.17, 15) is 0 Å². The van der Waals surface area contributed by atoms with E-state index < -0.39 is 0 Å². The van der Waals surface area contributed by atoms with Crippen LogP contribution in [0.3, 0.4) is 0 Å². The van der Waals surface area contributed by atoms with Gasteiger partial charge in [-0.1, -0.05) is 29.2 Å². The molecule has 3 nitrogen and oxygen atoms in total. The van der Waals surface area contributed by atoms with Gasteiger partial charge < -0.3 is 14.7 Å². The molecule has 0 aliphatic rings. The van der Waals surface area contributed by atoms with E-state index in [0.717, 1.165) is 19.0 Å². The first-order valence-corrected chi connectivity index (χ1v) is 3.58. The van der Waals surface area contributed by atoms with Gasteiger partial charge in [0.05, 0.1) is 6.10 Å². The first-order chi connectivity index (χ1) is 5.10. The van der Waals surface area contributed by atoms with E-state index in [0.29, 0.717) is 0 Å². The predicted molar refractivity (Wildman–Crippen MR) is 65.6 cm³/mol. The van der Waals surface area contributed by atoms with Gasteiger partial charge >= 0.3 is 0 Å². The van der Waals surface area contributed by atoms with Crippen LogP contribution in [-0.4, -0.2) is 23.8 Å². The molecule has 14 heavy (non-hydrogen) atoms. The Morgan fingerprint density at radius 2 is 1.14 bits per heavy atom. The molecule has 1 atom stereocenters. The minimum absolute atomic E-state index is 0. The molecule has 0 aliphatic carbocycles. The topological polar surface area (TPSA) is 54.4 Å². The summed E-state index contributed by atoms with van der Waals surface area (Å²) >= 11 is 0. The van der Waals surface area contributed by atoms with Crippen LogP contribution in [0.15, 0.2) is 0 Å². The molecular formula is C11H30O3. The van der Waals surface area contributed by atoms with Crippen LogP contribution in [0, 0.1) is 0 Å². The van der Waals surface area contributed by atoms with Crippen LogP contribution in [0.1, 0.15) is 56.4 Å². The van der Waals surface area contributed by atoms with Crippen molar-refractivity contribution in [1.29, 1.82) is 0 Å². The third-order valence-corrected chi connectivity index (χ3v) is 0.591. The summed E-state index contributed by atoms with van der Waals surface area (Å²) in [6, 6.07) is 0. The lowest BCUT2D eigenvalue weighted by Gasteiger charge is -1.90. The second kappa shape index (κ2) is 55.9. The molecule has 92 valence electrons. The van der Waals surface area contributed by atoms with E-state index in [1.807, 2.05) is 6.92 Å². The number of rotatable bonds is 1. The standard InChI is InChI=1S/C4H10O.2C2H4O.3CH4/c1-3-4(2)5;2*1-2-3;;;/h4-5H,3H2,1-2H3;2*2H,1H3;3*1H4. The molecule has 0 spiro atoms. The van der Waals surface area contributed by atoms with Crippen molar-refractivity contribution in [2.45, 2.75) is 62.5 Å². The average molecular weight is 210 g/mol. The Balaban J connectivity index is -0.0000000162. The molecule has 3 heteroatoms. The highest BCUT2D eigenvalue weighted by atomic mass is 16.3. The third-order valence-electron chi connectivity index (χ3n) is 0.591. The Hall–Kier alpha value is -0.700. The van der Waals surface area contributed by atoms with Crippen LogP contribution in [0.2, 0.25) is 0 Å². The fraction of sp³-hybridized carbons (Fsp3) is 0.818. The minimum Gasteiger partial charge on any atom is -0.393 e. The summed E-state index contributed by atoms with van der Waals surface area (Å²) < 4.78 is 0. The van der Waals surface area contributed by atoms with Crippen molar-refractivity contribution in [3.63, 3.8) is 0 Å². The summed E-state index contributed by atoms with van der Waals surface area (Å²) in [7, 11) is 0. The van der Waals surface area contributed by atoms with Crippen LogP contribution < -0.4 is 0 Å². The Bertz CT molecular complexity index is 64.9. The lowest BCUT2D eigenvalue weighted by atomic mass is 10.3. The van der Waals surface area contributed by atoms with Gasteiger partial charge in [-0.3, -0.25) is 0 Å². The van der Waals surface area contributed by atoms with Crippen molar-refractivity contribution in [3.8, 4) is 0 Å². The summed E-state index contributed by atoms with van der Waals surface area (Å²) in [6.07, 6.45) is 2.25. The maximum atomic E-state index is 8.81. The number of carbonyl (C=O) groups is 2. The molecule has 0 bridgehead atoms. The number of hydrogen-bond donors (Lipinski definition) is 1. The lowest BCUT2D eigenvalue weighted by Crippen LogP contribution is -1.93. The quantitative estimate of drug-likeness (QED) is 0.677. The number of hydrogen-bond acceptors (Lipinski definition) is 3. The molecule has 0 heterocycles. The number of aliphatic hydroxyl groups is 1. The van der Waals surface area contributed by atoms with E-state index in [2.05, 4.69) is 0 Å². The van der Waals surface area contributed by atoms with Gasteiger partial charge in [-0.15, -0.1) is 0 Å². The maximum Gasteiger partial charge on any atom is 0.116 e. The van der Waals surface area contributed by atoms with E-state index in [1.54, 1.807) is 6.92 Å². The molecule has 0 saturated heterocycles. The monoisotopic (exact) mass is 210 g/mol. The van der Waals surface area contributed by atoms with Crippen molar-refractivity contribution in [2.24, 2.45) is 0 Å². The van der Waals surface area contributed by atoms with E-state index in [-0.39, 0.29) is 28.4 Å². The van der Waals surface area contributed by atoms with Gasteiger partial charge in [-0.2, -0.15) is 0 Å². The van der Waals surface area contributed by atoms with Gasteiger partial charge in [0.15, 0.2) is 0 Å². The first kappa shape index (κ1) is 37.8. The average Bonchev–Trinajstić information content (AvgIpc) is 1.91. The van der Waals surface area contributed by atoms with E-state index in [4.69, 9.17) is 14.7 Å². The number of aldehydes is 2. The van der Waals surface area contributed by atoms with Crippen molar-refractivity contribution in [1.82, 2.24) is 0 Å². The fourth-order valence-electron chi connectivity index (χ4n) is 0. The van der Waals surface area contributed by atoms with Crippen LogP contribution in [-0.2, 0) is 9.59 Å². The molecular weight excluding hydrogens is 180 g/mol. The highest BCUT2D eigenvalue weighted by molar-refractivity contribution is 5.44. The SMILES string of the molecule is C.C.C.CC=O.CC=O.CCC(C)O. The molecule has 1 N–H and O–H groups in total. The smallest absolute Gasteiger partial charge is 0.116 e. The molecule has 1 unspecified atom stereocenters. The first-order valence-electron chi connectivity index (χ1n) is 3.58. The van der Waals surface area contributed by atoms with Crippen molar-refractivity contribution in [2.75, 3.05) is 0 Å². The molecule has 0 radical (unpaired) electrons. The highest BCUT2D eigenvalue weighted by Crippen LogP contribution is 1.81. The van der Waals surface area contributed by atoms with Crippen LogP contribution in [0.4, 0.5) is 0 Å². The largest absolute Gasteiger partial charge is 0.393 e. The zero-order valence-corrected chi connectivity index (χ0v) is 7.70. The summed E-state index contributed by atoms with van der Waals surface area (Å²) in [5.74, 6) is 0. The molecule has 0 fully saturated rings. The maximum absolute atomic E-state index is 8.81. The third kappa shape index (κ3) is 709. The van der Waals surface area contributed by atoms with Gasteiger partial charge in [-0.05, 0) is 27.2 Å². The molecule has 0 aromatic heterocycles. The molecule has 0 amide bonds. The molecule has 0 rings (SSSR count). The summed E-state index contributed by atoms with van der Waals surface area (Å²) in [6.45, 7) is 6.62. The molecule has 0 aliphatic heterocycles. The summed E-state index contributed by atoms with van der Waals surface area (Å²) in [5, 5.41) is 8.36. The lowest BCUT2D eigenvalue weighted by molar-refractivity contribution is -0.106. The van der Waals surface area contributed by atoms with Gasteiger partial charge in [0.25, 0.3) is 0 Å². The summed E-state index contributed by atoms with van der Waals surface area (Å²) in [5.41, 5.74) is 0. The molecule has 0 saturated carbocycles. The number of carbonyl (C=O) groups excluding carboxylic acids is 2. The van der Waals surface area contributed by atoms with Crippen molar-refractivity contribution < 1.29 is 14.7 Å². The van der Waals surface area contributed by atoms with Crippen LogP contribution in [0.25, 0.3) is 0 Å². The predicted octanol–water partition coefficient (Wildman–Crippen LogP) is 3.10. The van der Waals surface area contributed by atoms with Crippen molar-refractivity contribution in [3.05, 3.63) is 0 Å². The van der Waals surface area contributed by atoms with E-state index in [1.165, 1.54) is 13.8 Å².